The molecule has 0 aliphatic heterocycles. The lowest BCUT2D eigenvalue weighted by atomic mass is 10.3. The Balaban J connectivity index is 2.87. The first-order chi connectivity index (χ1) is 14.8. The summed E-state index contributed by atoms with van der Waals surface area (Å²) in [7, 11) is -3.00. The molecular weight excluding hydrogens is 441 g/mol. The second kappa shape index (κ2) is 11.0. The molecule has 3 heteroatoms. The van der Waals surface area contributed by atoms with Crippen molar-refractivity contribution in [2.45, 2.75) is 97.5 Å². The topological polar surface area (TPSA) is 0 Å². The van der Waals surface area contributed by atoms with Gasteiger partial charge in [-0.1, -0.05) is 50.2 Å². The van der Waals surface area contributed by atoms with E-state index in [4.69, 9.17) is 0 Å². The van der Waals surface area contributed by atoms with E-state index >= 15 is 0 Å². The van der Waals surface area contributed by atoms with Crippen molar-refractivity contribution >= 4 is 43.7 Å². The lowest BCUT2D eigenvalue weighted by molar-refractivity contribution is 0.998. The Morgan fingerprint density at radius 1 is 0.500 bits per heavy atom. The molecule has 0 amide bonds. The maximum atomic E-state index is 2.61. The molecule has 0 unspecified atom stereocenters. The molecule has 0 heterocycles. The number of benzene rings is 2. The molecule has 0 bridgehead atoms. The summed E-state index contributed by atoms with van der Waals surface area (Å²) in [5.74, 6) is 0. The molecule has 2 aromatic carbocycles. The average Bonchev–Trinajstić information content (AvgIpc) is 2.72. The first-order valence-electron chi connectivity index (χ1n) is 12.5. The molecule has 32 heavy (non-hydrogen) atoms. The van der Waals surface area contributed by atoms with Gasteiger partial charge in [-0.05, 0) is 81.1 Å². The fourth-order valence-corrected chi connectivity index (χ4v) is 16.2. The van der Waals surface area contributed by atoms with Gasteiger partial charge in [0.25, 0.3) is 0 Å². The Bertz CT molecular complexity index is 794. The van der Waals surface area contributed by atoms with Gasteiger partial charge in [-0.15, -0.1) is 0 Å². The van der Waals surface area contributed by atoms with E-state index in [0.717, 1.165) is 0 Å². The Morgan fingerprint density at radius 2 is 0.781 bits per heavy atom. The van der Waals surface area contributed by atoms with E-state index in [0.29, 0.717) is 28.3 Å². The van der Waals surface area contributed by atoms with Crippen LogP contribution >= 0.6 is 22.4 Å². The van der Waals surface area contributed by atoms with Crippen molar-refractivity contribution in [3.05, 3.63) is 48.5 Å². The van der Waals surface area contributed by atoms with Crippen LogP contribution in [0, 0.1) is 0 Å². The van der Waals surface area contributed by atoms with E-state index < -0.39 is 22.4 Å². The molecule has 0 N–H and O–H groups in total. The number of hydrogen-bond donors (Lipinski definition) is 0. The first-order valence-corrected chi connectivity index (χ1v) is 18.7. The monoisotopic (exact) mass is 490 g/mol. The van der Waals surface area contributed by atoms with E-state index in [1.165, 1.54) is 0 Å². The summed E-state index contributed by atoms with van der Waals surface area (Å²) >= 11 is 0. The summed E-state index contributed by atoms with van der Waals surface area (Å²) in [4.78, 5) is 0. The largest absolute Gasteiger partial charge is 0.102 e. The van der Waals surface area contributed by atoms with Crippen molar-refractivity contribution in [2.75, 3.05) is 13.3 Å². The number of rotatable bonds is 9. The predicted molar refractivity (Wildman–Crippen MR) is 160 cm³/mol. The SMILES string of the molecule is CC(C)P(c1ccccc1[P+](C)(C(C)C)C(C)C)c1ccccc1[P+](C)(C(C)C)C(C)C. The Labute approximate surface area is 202 Å². The van der Waals surface area contributed by atoms with Crippen LogP contribution in [-0.2, 0) is 0 Å². The van der Waals surface area contributed by atoms with Crippen molar-refractivity contribution in [1.29, 1.82) is 0 Å². The smallest absolute Gasteiger partial charge is 0.0613 e. The molecule has 0 nitrogen and oxygen atoms in total. The lowest BCUT2D eigenvalue weighted by Gasteiger charge is -2.37. The molecule has 0 aliphatic carbocycles. The van der Waals surface area contributed by atoms with Gasteiger partial charge >= 0.3 is 0 Å². The van der Waals surface area contributed by atoms with Crippen LogP contribution < -0.4 is 21.2 Å². The molecule has 0 aromatic heterocycles. The van der Waals surface area contributed by atoms with Crippen LogP contribution in [-0.4, -0.2) is 41.6 Å². The zero-order chi connectivity index (χ0) is 24.4. The van der Waals surface area contributed by atoms with Gasteiger partial charge in [-0.2, -0.15) is 0 Å². The van der Waals surface area contributed by atoms with Crippen molar-refractivity contribution in [1.82, 2.24) is 0 Å². The van der Waals surface area contributed by atoms with Gasteiger partial charge in [0.05, 0.1) is 36.0 Å². The maximum absolute atomic E-state index is 2.61. The van der Waals surface area contributed by atoms with Crippen molar-refractivity contribution < 1.29 is 0 Å². The van der Waals surface area contributed by atoms with Crippen LogP contribution in [0.1, 0.15) is 69.2 Å². The maximum Gasteiger partial charge on any atom is 0.102 e. The summed E-state index contributed by atoms with van der Waals surface area (Å²) in [6.07, 6.45) is 0. The highest BCUT2D eigenvalue weighted by Crippen LogP contribution is 2.65. The van der Waals surface area contributed by atoms with E-state index in [9.17, 15) is 0 Å². The van der Waals surface area contributed by atoms with Gasteiger partial charge < -0.3 is 0 Å². The molecule has 0 aliphatic rings. The van der Waals surface area contributed by atoms with Crippen molar-refractivity contribution in [2.24, 2.45) is 0 Å². The van der Waals surface area contributed by atoms with E-state index in [2.05, 4.69) is 131 Å². The second-order valence-corrected chi connectivity index (χ2v) is 23.5. The third-order valence-corrected chi connectivity index (χ3v) is 22.8. The standard InChI is InChI=1S/C29H49P3/c1-21(2)30(26-17-13-15-19-28(26)31(11,22(3)4)23(5)6)27-18-14-16-20-29(27)32(12,24(7)8)25(9)10/h13-25H,1-12H3/q+2. The quantitative estimate of drug-likeness (QED) is 0.316. The summed E-state index contributed by atoms with van der Waals surface area (Å²) in [5.41, 5.74) is 3.42. The molecule has 0 spiro atoms. The fourth-order valence-electron chi connectivity index (χ4n) is 5.14. The third kappa shape index (κ3) is 5.05. The van der Waals surface area contributed by atoms with Crippen LogP contribution in [0.25, 0.3) is 0 Å². The van der Waals surface area contributed by atoms with Crippen LogP contribution in [0.15, 0.2) is 48.5 Å². The Hall–Kier alpha value is -0.270. The molecule has 0 fully saturated rings. The highest BCUT2D eigenvalue weighted by molar-refractivity contribution is 7.88. The zero-order valence-electron chi connectivity index (χ0n) is 22.8. The van der Waals surface area contributed by atoms with Crippen LogP contribution in [0.5, 0.6) is 0 Å². The minimum atomic E-state index is -1.29. The Kier molecular flexibility index (Phi) is 9.60. The summed E-state index contributed by atoms with van der Waals surface area (Å²) in [6, 6.07) is 19.1. The lowest BCUT2D eigenvalue weighted by Crippen LogP contribution is -2.41. The molecular formula is C29H49P3+2. The first kappa shape index (κ1) is 28.0. The molecule has 2 rings (SSSR count). The van der Waals surface area contributed by atoms with Gasteiger partial charge in [0.15, 0.2) is 0 Å². The minimum Gasteiger partial charge on any atom is -0.0613 e. The molecule has 0 atom stereocenters. The van der Waals surface area contributed by atoms with E-state index in [-0.39, 0.29) is 0 Å². The van der Waals surface area contributed by atoms with Crippen molar-refractivity contribution in [3.8, 4) is 0 Å². The molecule has 2 aromatic rings. The predicted octanol–water partition coefficient (Wildman–Crippen LogP) is 7.71. The normalized spacial score (nSPS) is 13.4. The molecule has 0 radical (unpaired) electrons. The van der Waals surface area contributed by atoms with Gasteiger partial charge in [0.2, 0.25) is 0 Å². The van der Waals surface area contributed by atoms with Gasteiger partial charge in [-0.25, -0.2) is 0 Å². The Morgan fingerprint density at radius 3 is 1.03 bits per heavy atom. The fraction of sp³-hybridized carbons (Fsp3) is 0.586. The molecule has 0 saturated carbocycles. The van der Waals surface area contributed by atoms with Gasteiger partial charge in [-0.3, -0.25) is 0 Å². The van der Waals surface area contributed by atoms with Gasteiger partial charge in [0, 0.05) is 25.1 Å². The van der Waals surface area contributed by atoms with Crippen LogP contribution in [0.2, 0.25) is 0 Å². The third-order valence-electron chi connectivity index (χ3n) is 8.13. The van der Waals surface area contributed by atoms with E-state index in [1.807, 2.05) is 0 Å². The highest BCUT2D eigenvalue weighted by atomic mass is 31.2. The summed E-state index contributed by atoms with van der Waals surface area (Å²) < 4.78 is 0. The second-order valence-electron chi connectivity index (χ2n) is 11.1. The minimum absolute atomic E-state index is 0.424. The summed E-state index contributed by atoms with van der Waals surface area (Å²) in [6.45, 7) is 29.8. The zero-order valence-corrected chi connectivity index (χ0v) is 25.5. The van der Waals surface area contributed by atoms with Crippen molar-refractivity contribution in [3.63, 3.8) is 0 Å². The molecule has 178 valence electrons. The molecule has 0 saturated heterocycles. The van der Waals surface area contributed by atoms with Crippen LogP contribution in [0.4, 0.5) is 0 Å². The van der Waals surface area contributed by atoms with Gasteiger partial charge in [0.1, 0.15) is 10.6 Å². The average molecular weight is 491 g/mol. The summed E-state index contributed by atoms with van der Waals surface area (Å²) in [5, 5.41) is 6.69. The van der Waals surface area contributed by atoms with Crippen LogP contribution in [0.3, 0.4) is 0 Å². The highest BCUT2D eigenvalue weighted by Gasteiger charge is 2.47. The van der Waals surface area contributed by atoms with E-state index in [1.54, 1.807) is 21.2 Å². The number of hydrogen-bond acceptors (Lipinski definition) is 0.